The van der Waals surface area contributed by atoms with Gasteiger partial charge in [0.15, 0.2) is 17.2 Å². The summed E-state index contributed by atoms with van der Waals surface area (Å²) in [5.41, 5.74) is -0.613. The topological polar surface area (TPSA) is 332 Å². The van der Waals surface area contributed by atoms with Gasteiger partial charge in [0.1, 0.15) is 12.6 Å². The van der Waals surface area contributed by atoms with Gasteiger partial charge in [0.2, 0.25) is 48.0 Å². The van der Waals surface area contributed by atoms with Crippen molar-refractivity contribution in [2.75, 3.05) is 39.5 Å². The fourth-order valence-electron chi connectivity index (χ4n) is 10.2. The molecule has 4 aliphatic heterocycles. The van der Waals surface area contributed by atoms with Crippen LogP contribution >= 0.6 is 0 Å². The number of hydrogen-bond donors (Lipinski definition) is 8. The van der Waals surface area contributed by atoms with Crippen molar-refractivity contribution in [2.45, 2.75) is 95.7 Å². The quantitative estimate of drug-likeness (QED) is 0.0222. The van der Waals surface area contributed by atoms with E-state index in [0.29, 0.717) is 43.2 Å². The Morgan fingerprint density at radius 1 is 0.823 bits per heavy atom. The van der Waals surface area contributed by atoms with Crippen molar-refractivity contribution in [1.29, 1.82) is 0 Å². The summed E-state index contributed by atoms with van der Waals surface area (Å²) in [6.45, 7) is -1.19. The Morgan fingerprint density at radius 2 is 1.53 bits per heavy atom. The normalized spacial score (nSPS) is 17.7. The van der Waals surface area contributed by atoms with Crippen LogP contribution in [0.5, 0.6) is 11.5 Å². The number of pyridine rings is 2. The monoisotopic (exact) mass is 1090 g/mol. The van der Waals surface area contributed by atoms with Crippen molar-refractivity contribution in [1.82, 2.24) is 46.4 Å². The minimum atomic E-state index is -2.10. The van der Waals surface area contributed by atoms with E-state index in [-0.39, 0.29) is 121 Å². The Labute approximate surface area is 449 Å². The number of nitrogens with zero attached hydrogens (tertiary/aromatic N) is 3. The van der Waals surface area contributed by atoms with E-state index in [9.17, 15) is 58.2 Å². The summed E-state index contributed by atoms with van der Waals surface area (Å²) in [6.07, 6.45) is 3.70. The Hall–Kier alpha value is -8.58. The summed E-state index contributed by atoms with van der Waals surface area (Å²) in [7, 11) is 0. The average molecular weight is 1090 g/mol. The second kappa shape index (κ2) is 23.6. The molecule has 5 aliphatic rings. The highest BCUT2D eigenvalue weighted by Crippen LogP contribution is 2.45. The number of aromatic nitrogens is 2. The molecular weight excluding hydrogens is 1030 g/mol. The lowest BCUT2D eigenvalue weighted by molar-refractivity contribution is -0.172. The predicted molar refractivity (Wildman–Crippen MR) is 273 cm³/mol. The number of amides is 8. The molecule has 416 valence electrons. The van der Waals surface area contributed by atoms with E-state index >= 15 is 4.39 Å². The van der Waals surface area contributed by atoms with E-state index in [4.69, 9.17) is 19.2 Å². The predicted octanol–water partition coefficient (Wildman–Crippen LogP) is -0.372. The molecule has 1 aliphatic carbocycles. The fourth-order valence-corrected chi connectivity index (χ4v) is 10.2. The number of carbonyl (C=O) groups excluding carboxylic acids is 9. The van der Waals surface area contributed by atoms with Crippen LogP contribution in [0.4, 0.5) is 4.39 Å². The third kappa shape index (κ3) is 12.0. The highest BCUT2D eigenvalue weighted by Gasteiger charge is 2.46. The summed E-state index contributed by atoms with van der Waals surface area (Å²) < 4.78 is 34.0. The molecule has 1 saturated carbocycles. The van der Waals surface area contributed by atoms with Gasteiger partial charge in [-0.2, -0.15) is 0 Å². The molecule has 9 rings (SSSR count). The number of ether oxygens (including phenoxy) is 3. The van der Waals surface area contributed by atoms with Crippen molar-refractivity contribution < 1.29 is 72.0 Å². The zero-order chi connectivity index (χ0) is 56.1. The van der Waals surface area contributed by atoms with Crippen LogP contribution in [-0.2, 0) is 79.6 Å². The van der Waals surface area contributed by atoms with Gasteiger partial charge < -0.3 is 60.9 Å². The molecule has 6 heterocycles. The van der Waals surface area contributed by atoms with E-state index in [1.807, 2.05) is 0 Å². The first-order valence-electron chi connectivity index (χ1n) is 26.0. The Balaban J connectivity index is 0.783. The molecule has 25 heteroatoms. The number of unbranched alkanes of at least 4 members (excludes halogenated alkanes) is 2. The second-order valence-electron chi connectivity index (χ2n) is 19.8. The summed E-state index contributed by atoms with van der Waals surface area (Å²) in [6, 6.07) is 10.5. The van der Waals surface area contributed by atoms with Crippen LogP contribution in [0, 0.1) is 17.7 Å². The molecule has 2 aromatic heterocycles. The number of rotatable bonds is 24. The lowest BCUT2D eigenvalue weighted by Crippen LogP contribution is -2.52. The zero-order valence-electron chi connectivity index (χ0n) is 42.9. The van der Waals surface area contributed by atoms with E-state index in [1.165, 1.54) is 28.9 Å². The highest BCUT2D eigenvalue weighted by molar-refractivity contribution is 6.12. The van der Waals surface area contributed by atoms with Crippen LogP contribution in [0.15, 0.2) is 59.4 Å². The molecule has 0 saturated heterocycles. The van der Waals surface area contributed by atoms with Gasteiger partial charge >= 0.3 is 5.97 Å². The molecule has 4 atom stereocenters. The van der Waals surface area contributed by atoms with Gasteiger partial charge in [0, 0.05) is 67.2 Å². The first-order chi connectivity index (χ1) is 37.9. The van der Waals surface area contributed by atoms with Crippen molar-refractivity contribution in [2.24, 2.45) is 11.8 Å². The number of benzene rings is 2. The molecule has 4 aromatic rings. The van der Waals surface area contributed by atoms with Crippen LogP contribution < -0.4 is 46.9 Å². The van der Waals surface area contributed by atoms with Gasteiger partial charge in [-0.15, -0.1) is 0 Å². The van der Waals surface area contributed by atoms with Gasteiger partial charge in [-0.3, -0.25) is 48.1 Å². The second-order valence-corrected chi connectivity index (χ2v) is 19.8. The average Bonchev–Trinajstić information content (AvgIpc) is 4.09. The van der Waals surface area contributed by atoms with E-state index in [0.717, 1.165) is 4.90 Å². The van der Waals surface area contributed by atoms with Gasteiger partial charge in [0.25, 0.3) is 17.4 Å². The number of esters is 1. The molecule has 0 radical (unpaired) electrons. The van der Waals surface area contributed by atoms with Gasteiger partial charge in [0.05, 0.1) is 60.7 Å². The number of imide groups is 1. The number of nitrogens with one attached hydrogen (secondary N) is 6. The van der Waals surface area contributed by atoms with Crippen molar-refractivity contribution in [3.05, 3.63) is 98.6 Å². The summed E-state index contributed by atoms with van der Waals surface area (Å²) in [4.78, 5) is 135. The minimum absolute atomic E-state index is 0.00576. The van der Waals surface area contributed by atoms with Gasteiger partial charge in [-0.05, 0) is 55.2 Å². The third-order valence-electron chi connectivity index (χ3n) is 14.6. The number of cyclic esters (lactones) is 1. The molecule has 79 heavy (non-hydrogen) atoms. The van der Waals surface area contributed by atoms with Crippen LogP contribution in [0.25, 0.3) is 22.3 Å². The van der Waals surface area contributed by atoms with Crippen molar-refractivity contribution in [3.63, 3.8) is 0 Å². The highest BCUT2D eigenvalue weighted by atomic mass is 19.1. The van der Waals surface area contributed by atoms with E-state index in [2.05, 4.69) is 31.9 Å². The first-order valence-corrected chi connectivity index (χ1v) is 26.0. The summed E-state index contributed by atoms with van der Waals surface area (Å²) in [5, 5.41) is 38.1. The Kier molecular flexibility index (Phi) is 16.5. The maximum Gasteiger partial charge on any atom is 0.343 e. The summed E-state index contributed by atoms with van der Waals surface area (Å²) in [5.74, 6) is -7.78. The zero-order valence-corrected chi connectivity index (χ0v) is 42.9. The van der Waals surface area contributed by atoms with Gasteiger partial charge in [-0.25, -0.2) is 14.2 Å². The molecule has 8 amide bonds. The van der Waals surface area contributed by atoms with Crippen molar-refractivity contribution >= 4 is 64.1 Å². The van der Waals surface area contributed by atoms with Crippen LogP contribution in [0.2, 0.25) is 0 Å². The van der Waals surface area contributed by atoms with Crippen LogP contribution in [0.3, 0.4) is 0 Å². The molecule has 1 fully saturated rings. The lowest BCUT2D eigenvalue weighted by Gasteiger charge is -2.31. The molecule has 0 bridgehead atoms. The maximum atomic E-state index is 16.5. The number of carbonyl (C=O) groups is 9. The molecule has 8 N–H and O–H groups in total. The number of hydrogen-bond acceptors (Lipinski definition) is 16. The standard InChI is InChI=1S/C54H58FN9O15/c1-2-54(76)33-18-36-48-31(25-64(36)52(74)32(33)26-77-53(54)75)30(46-34(62-48)19-38-49(47(46)55)79-27-78-38)20-59-51(73)45(29-12-13-29)37(65)21-56-41(68)23-60-50(72)35(17-28-9-5-3-6-10-28)61-42(69)24-58-40(67)22-57-39(66)11-7-4-8-16-63-43(70)14-15-44(63)71/h3,5-6,9-10,14-15,18-19,29,35,37,45,65,76H,2,4,7-8,11-13,16-17,20-27H2,1H3,(H,56,68)(H,57,66)(H,58,67)(H,59,73)(H,60,72)(H,61,69)/t35-,37?,45?,54-/m0/s1. The fraction of sp³-hybridized carbons (Fsp3) is 0.426. The third-order valence-corrected chi connectivity index (χ3v) is 14.6. The van der Waals surface area contributed by atoms with Crippen LogP contribution in [0.1, 0.15) is 79.7 Å². The van der Waals surface area contributed by atoms with E-state index < -0.39 is 103 Å². The first kappa shape index (κ1) is 55.2. The molecule has 24 nitrogen and oxygen atoms in total. The minimum Gasteiger partial charge on any atom is -0.458 e. The maximum absolute atomic E-state index is 16.5. The van der Waals surface area contributed by atoms with Crippen LogP contribution in [-0.4, -0.2) is 130 Å². The molecular formula is C54H58FN9O15. The Morgan fingerprint density at radius 3 is 2.27 bits per heavy atom. The van der Waals surface area contributed by atoms with Crippen molar-refractivity contribution in [3.8, 4) is 22.9 Å². The smallest absolute Gasteiger partial charge is 0.343 e. The SMILES string of the molecule is CC[C@@]1(O)C(=O)OCc2c1cc1n(c2=O)Cc2c-1nc1cc3c(c(F)c1c2CNC(=O)C(C(O)CNC(=O)CNC(=O)[C@H](Cc1ccccc1)NC(=O)CNC(=O)CNC(=O)CCCCCN1C(=O)C=CC1=O)C1CC1)OCO3. The van der Waals surface area contributed by atoms with E-state index in [1.54, 1.807) is 37.3 Å². The summed E-state index contributed by atoms with van der Waals surface area (Å²) >= 11 is 0. The number of aliphatic hydroxyl groups excluding tert-OH is 1. The number of halogens is 1. The molecule has 0 spiro atoms. The largest absolute Gasteiger partial charge is 0.458 e. The molecule has 2 aromatic carbocycles. The Bertz CT molecular complexity index is 3240. The number of fused-ring (bicyclic) bond motifs is 6. The number of aliphatic hydroxyl groups is 2. The lowest BCUT2D eigenvalue weighted by atomic mass is 9.86. The van der Waals surface area contributed by atoms with Gasteiger partial charge in [-0.1, -0.05) is 43.7 Å². The molecule has 2 unspecified atom stereocenters.